The van der Waals surface area contributed by atoms with Crippen molar-refractivity contribution < 1.29 is 4.74 Å². The smallest absolute Gasteiger partial charge is 0.0618 e. The van der Waals surface area contributed by atoms with Crippen molar-refractivity contribution in [1.29, 1.82) is 0 Å². The van der Waals surface area contributed by atoms with Crippen LogP contribution >= 0.6 is 0 Å². The van der Waals surface area contributed by atoms with Crippen LogP contribution < -0.4 is 5.32 Å². The van der Waals surface area contributed by atoms with E-state index in [1.54, 1.807) is 0 Å². The van der Waals surface area contributed by atoms with Crippen molar-refractivity contribution >= 4 is 0 Å². The molecular formula is C16H32N2O. The van der Waals surface area contributed by atoms with Gasteiger partial charge in [0.05, 0.1) is 6.61 Å². The molecule has 3 nitrogen and oxygen atoms in total. The van der Waals surface area contributed by atoms with Crippen LogP contribution in [0.5, 0.6) is 0 Å². The first-order chi connectivity index (χ1) is 9.14. The first-order valence-electron chi connectivity index (χ1n) is 8.14. The van der Waals surface area contributed by atoms with Crippen molar-refractivity contribution in [1.82, 2.24) is 10.2 Å². The van der Waals surface area contributed by atoms with Crippen molar-refractivity contribution in [2.75, 3.05) is 26.8 Å². The summed E-state index contributed by atoms with van der Waals surface area (Å²) in [6.07, 6.45) is 6.56. The van der Waals surface area contributed by atoms with E-state index < -0.39 is 0 Å². The lowest BCUT2D eigenvalue weighted by Gasteiger charge is -2.49. The highest BCUT2D eigenvalue weighted by Gasteiger charge is 2.46. The van der Waals surface area contributed by atoms with E-state index in [-0.39, 0.29) is 0 Å². The molecule has 1 aliphatic carbocycles. The van der Waals surface area contributed by atoms with Crippen LogP contribution in [0.25, 0.3) is 0 Å². The van der Waals surface area contributed by atoms with Crippen molar-refractivity contribution in [3.63, 3.8) is 0 Å². The molecule has 3 unspecified atom stereocenters. The fourth-order valence-electron chi connectivity index (χ4n) is 3.70. The molecule has 0 aromatic rings. The van der Waals surface area contributed by atoms with E-state index in [2.05, 4.69) is 31.0 Å². The molecule has 2 rings (SSSR count). The van der Waals surface area contributed by atoms with Gasteiger partial charge in [0, 0.05) is 37.8 Å². The summed E-state index contributed by atoms with van der Waals surface area (Å²) in [6, 6.07) is 1.28. The summed E-state index contributed by atoms with van der Waals surface area (Å²) in [5.74, 6) is 0.901. The van der Waals surface area contributed by atoms with E-state index in [4.69, 9.17) is 4.74 Å². The lowest BCUT2D eigenvalue weighted by molar-refractivity contribution is 0.00142. The minimum Gasteiger partial charge on any atom is -0.383 e. The maximum atomic E-state index is 5.48. The van der Waals surface area contributed by atoms with Crippen molar-refractivity contribution in [2.45, 2.75) is 70.5 Å². The van der Waals surface area contributed by atoms with Crippen LogP contribution in [0, 0.1) is 5.92 Å². The average molecular weight is 268 g/mol. The molecule has 112 valence electrons. The predicted octanol–water partition coefficient (Wildman–Crippen LogP) is 2.65. The maximum absolute atomic E-state index is 5.48. The van der Waals surface area contributed by atoms with E-state index in [0.29, 0.717) is 17.6 Å². The maximum Gasteiger partial charge on any atom is 0.0618 e. The van der Waals surface area contributed by atoms with Gasteiger partial charge in [0.2, 0.25) is 0 Å². The van der Waals surface area contributed by atoms with Crippen LogP contribution in [0.2, 0.25) is 0 Å². The highest BCUT2D eigenvalue weighted by Crippen LogP contribution is 2.42. The van der Waals surface area contributed by atoms with Gasteiger partial charge < -0.3 is 10.1 Å². The average Bonchev–Trinajstić information content (AvgIpc) is 3.23. The number of nitrogens with zero attached hydrogens (tertiary/aromatic N) is 1. The van der Waals surface area contributed by atoms with Gasteiger partial charge in [-0.25, -0.2) is 0 Å². The van der Waals surface area contributed by atoms with Crippen molar-refractivity contribution in [3.8, 4) is 0 Å². The zero-order chi connectivity index (χ0) is 13.9. The fourth-order valence-corrected chi connectivity index (χ4v) is 3.70. The third-order valence-corrected chi connectivity index (χ3v) is 5.12. The monoisotopic (exact) mass is 268 g/mol. The molecule has 3 atom stereocenters. The molecule has 0 spiro atoms. The third-order valence-electron chi connectivity index (χ3n) is 5.12. The first-order valence-corrected chi connectivity index (χ1v) is 8.14. The van der Waals surface area contributed by atoms with E-state index in [9.17, 15) is 0 Å². The van der Waals surface area contributed by atoms with Gasteiger partial charge in [0.15, 0.2) is 0 Å². The highest BCUT2D eigenvalue weighted by molar-refractivity contribution is 5.05. The molecule has 0 bridgehead atoms. The van der Waals surface area contributed by atoms with E-state index in [0.717, 1.165) is 19.1 Å². The van der Waals surface area contributed by atoms with E-state index >= 15 is 0 Å². The molecule has 0 aromatic carbocycles. The van der Waals surface area contributed by atoms with Gasteiger partial charge >= 0.3 is 0 Å². The molecule has 19 heavy (non-hydrogen) atoms. The number of methoxy groups -OCH3 is 1. The summed E-state index contributed by atoms with van der Waals surface area (Å²) in [5.41, 5.74) is 0.339. The van der Waals surface area contributed by atoms with Crippen LogP contribution in [0.15, 0.2) is 0 Å². The molecule has 1 saturated carbocycles. The third kappa shape index (κ3) is 3.50. The summed E-state index contributed by atoms with van der Waals surface area (Å²) < 4.78 is 5.48. The Balaban J connectivity index is 2.06. The molecular weight excluding hydrogens is 236 g/mol. The Labute approximate surface area is 119 Å². The highest BCUT2D eigenvalue weighted by atomic mass is 16.5. The standard InChI is InChI=1S/C16H32N2O/c1-5-7-15(11-19-4)18-12-16(3,13-8-9-13)17-10-14(18)6-2/h13-15,17H,5-12H2,1-4H3. The summed E-state index contributed by atoms with van der Waals surface area (Å²) in [6.45, 7) is 10.3. The minimum absolute atomic E-state index is 0.339. The van der Waals surface area contributed by atoms with Crippen molar-refractivity contribution in [3.05, 3.63) is 0 Å². The second kappa shape index (κ2) is 6.55. The molecule has 0 aromatic heterocycles. The summed E-state index contributed by atoms with van der Waals surface area (Å²) >= 11 is 0. The van der Waals surface area contributed by atoms with Crippen molar-refractivity contribution in [2.24, 2.45) is 5.92 Å². The Morgan fingerprint density at radius 1 is 1.37 bits per heavy atom. The van der Waals surface area contributed by atoms with Gasteiger partial charge in [0.1, 0.15) is 0 Å². The minimum atomic E-state index is 0.339. The lowest BCUT2D eigenvalue weighted by Crippen LogP contribution is -2.66. The quantitative estimate of drug-likeness (QED) is 0.768. The molecule has 3 heteroatoms. The van der Waals surface area contributed by atoms with Gasteiger partial charge in [-0.05, 0) is 38.5 Å². The van der Waals surface area contributed by atoms with Crippen LogP contribution in [-0.4, -0.2) is 49.3 Å². The Morgan fingerprint density at radius 2 is 2.11 bits per heavy atom. The normalized spacial score (nSPS) is 34.4. The SMILES string of the molecule is CCCC(COC)N1CC(C)(C2CC2)NCC1CC. The lowest BCUT2D eigenvalue weighted by atomic mass is 9.89. The number of hydrogen-bond donors (Lipinski definition) is 1. The van der Waals surface area contributed by atoms with Crippen LogP contribution in [0.4, 0.5) is 0 Å². The summed E-state index contributed by atoms with van der Waals surface area (Å²) in [7, 11) is 1.84. The van der Waals surface area contributed by atoms with Gasteiger partial charge in [-0.1, -0.05) is 20.3 Å². The number of ether oxygens (including phenoxy) is 1. The summed E-state index contributed by atoms with van der Waals surface area (Å²) in [4.78, 5) is 2.75. The zero-order valence-electron chi connectivity index (χ0n) is 13.2. The summed E-state index contributed by atoms with van der Waals surface area (Å²) in [5, 5.41) is 3.85. The molecule has 2 fully saturated rings. The predicted molar refractivity (Wildman–Crippen MR) is 80.5 cm³/mol. The van der Waals surface area contributed by atoms with E-state index in [1.807, 2.05) is 7.11 Å². The fraction of sp³-hybridized carbons (Fsp3) is 1.00. The van der Waals surface area contributed by atoms with Gasteiger partial charge in [-0.3, -0.25) is 4.90 Å². The second-order valence-electron chi connectivity index (χ2n) is 6.70. The molecule has 1 aliphatic heterocycles. The van der Waals surface area contributed by atoms with Gasteiger partial charge in [-0.15, -0.1) is 0 Å². The van der Waals surface area contributed by atoms with Crippen LogP contribution in [-0.2, 0) is 4.74 Å². The largest absolute Gasteiger partial charge is 0.383 e. The first kappa shape index (κ1) is 15.3. The topological polar surface area (TPSA) is 24.5 Å². The van der Waals surface area contributed by atoms with Gasteiger partial charge in [-0.2, -0.15) is 0 Å². The number of piperazine rings is 1. The molecule has 1 heterocycles. The number of nitrogens with one attached hydrogen (secondary N) is 1. The van der Waals surface area contributed by atoms with Crippen LogP contribution in [0.3, 0.4) is 0 Å². The van der Waals surface area contributed by atoms with E-state index in [1.165, 1.54) is 38.6 Å². The Morgan fingerprint density at radius 3 is 2.63 bits per heavy atom. The Bertz CT molecular complexity index is 274. The molecule has 2 aliphatic rings. The van der Waals surface area contributed by atoms with Crippen LogP contribution in [0.1, 0.15) is 52.9 Å². The Hall–Kier alpha value is -0.120. The second-order valence-corrected chi connectivity index (χ2v) is 6.70. The molecule has 0 radical (unpaired) electrons. The zero-order valence-corrected chi connectivity index (χ0v) is 13.2. The van der Waals surface area contributed by atoms with Gasteiger partial charge in [0.25, 0.3) is 0 Å². The number of rotatable bonds is 7. The molecule has 1 N–H and O–H groups in total. The Kier molecular flexibility index (Phi) is 5.27. The number of hydrogen-bond acceptors (Lipinski definition) is 3. The molecule has 1 saturated heterocycles. The molecule has 0 amide bonds.